The molecule has 4 heteroatoms. The molecule has 1 N–H and O–H groups in total. The third-order valence-electron chi connectivity index (χ3n) is 9.52. The van der Waals surface area contributed by atoms with E-state index in [0.717, 1.165) is 19.4 Å². The van der Waals surface area contributed by atoms with Gasteiger partial charge in [0.15, 0.2) is 0 Å². The zero-order chi connectivity index (χ0) is 31.2. The van der Waals surface area contributed by atoms with E-state index in [1.165, 1.54) is 85.3 Å². The fourth-order valence-corrected chi connectivity index (χ4v) is 9.26. The van der Waals surface area contributed by atoms with Gasteiger partial charge in [0, 0.05) is 60.9 Å². The lowest BCUT2D eigenvalue weighted by atomic mass is 9.87. The van der Waals surface area contributed by atoms with Crippen molar-refractivity contribution in [2.45, 2.75) is 59.1 Å². The maximum absolute atomic E-state index is 4.68. The number of fused-ring (bicyclic) bond motifs is 4. The highest BCUT2D eigenvalue weighted by molar-refractivity contribution is 7.99. The molecule has 2 nitrogen and oxygen atoms in total. The van der Waals surface area contributed by atoms with Crippen molar-refractivity contribution in [3.05, 3.63) is 136 Å². The highest BCUT2D eigenvalue weighted by Crippen LogP contribution is 2.43. The minimum atomic E-state index is 0.513. The Bertz CT molecular complexity index is 2270. The lowest BCUT2D eigenvalue weighted by Crippen LogP contribution is -2.36. The van der Waals surface area contributed by atoms with Crippen molar-refractivity contribution in [3.63, 3.8) is 0 Å². The van der Waals surface area contributed by atoms with Gasteiger partial charge in [0.05, 0.1) is 0 Å². The van der Waals surface area contributed by atoms with Gasteiger partial charge in [0.1, 0.15) is 0 Å². The Labute approximate surface area is 279 Å². The van der Waals surface area contributed by atoms with Gasteiger partial charge in [-0.25, -0.2) is 0 Å². The van der Waals surface area contributed by atoms with E-state index in [1.54, 1.807) is 0 Å². The topological polar surface area (TPSA) is 24.9 Å². The number of nitrogens with one attached hydrogen (secondary N) is 1. The molecule has 0 saturated heterocycles. The molecule has 2 aliphatic heterocycles. The summed E-state index contributed by atoms with van der Waals surface area (Å²) in [5.74, 6) is 0.513. The van der Waals surface area contributed by atoms with Crippen molar-refractivity contribution < 1.29 is 0 Å². The van der Waals surface area contributed by atoms with E-state index in [9.17, 15) is 0 Å². The van der Waals surface area contributed by atoms with Crippen molar-refractivity contribution in [2.24, 2.45) is 0 Å². The lowest BCUT2D eigenvalue weighted by Gasteiger charge is -2.23. The predicted octanol–water partition coefficient (Wildman–Crippen LogP) is 9.66. The smallest absolute Gasteiger partial charge is 0.0353 e. The van der Waals surface area contributed by atoms with Crippen LogP contribution in [0.15, 0.2) is 123 Å². The van der Waals surface area contributed by atoms with Crippen LogP contribution in [-0.2, 0) is 6.42 Å². The fraction of sp³-hybridized carbons (Fsp3) is 0.167. The number of aromatic nitrogens is 1. The second-order valence-corrected chi connectivity index (χ2v) is 14.7. The molecule has 0 spiro atoms. The SMILES string of the molecule is Cc1ccccc1Sc1cc(-c2c3c(c(-c4ccc5c(c4)Sc4ccccc4CC[C@H]5C)c4ccncc24)=CCNC=3)ccc1C. The second kappa shape index (κ2) is 12.2. The van der Waals surface area contributed by atoms with Crippen LogP contribution in [0, 0.1) is 13.8 Å². The van der Waals surface area contributed by atoms with E-state index in [4.69, 9.17) is 0 Å². The summed E-state index contributed by atoms with van der Waals surface area (Å²) in [5, 5.41) is 8.49. The summed E-state index contributed by atoms with van der Waals surface area (Å²) in [6.45, 7) is 7.59. The number of hydrogen-bond acceptors (Lipinski definition) is 4. The zero-order valence-electron chi connectivity index (χ0n) is 26.4. The molecular formula is C42H36N2S2. The van der Waals surface area contributed by atoms with Gasteiger partial charge in [-0.2, -0.15) is 0 Å². The van der Waals surface area contributed by atoms with Gasteiger partial charge >= 0.3 is 0 Å². The van der Waals surface area contributed by atoms with Crippen molar-refractivity contribution in [3.8, 4) is 22.3 Å². The lowest BCUT2D eigenvalue weighted by molar-refractivity contribution is 0.661. The molecule has 1 atom stereocenters. The van der Waals surface area contributed by atoms with Crippen LogP contribution >= 0.6 is 23.5 Å². The van der Waals surface area contributed by atoms with Crippen LogP contribution < -0.4 is 15.8 Å². The molecule has 3 heterocycles. The first kappa shape index (κ1) is 29.2. The van der Waals surface area contributed by atoms with E-state index >= 15 is 0 Å². The first-order chi connectivity index (χ1) is 22.5. The first-order valence-corrected chi connectivity index (χ1v) is 17.8. The van der Waals surface area contributed by atoms with Crippen molar-refractivity contribution in [1.82, 2.24) is 10.3 Å². The Hall–Kier alpha value is -4.25. The molecule has 0 amide bonds. The highest BCUT2D eigenvalue weighted by atomic mass is 32.2. The number of benzene rings is 5. The van der Waals surface area contributed by atoms with Gasteiger partial charge in [-0.1, -0.05) is 97.2 Å². The molecule has 8 rings (SSSR count). The van der Waals surface area contributed by atoms with Crippen LogP contribution in [0.2, 0.25) is 0 Å². The molecule has 0 aliphatic carbocycles. The van der Waals surface area contributed by atoms with Gasteiger partial charge < -0.3 is 5.32 Å². The second-order valence-electron chi connectivity index (χ2n) is 12.5. The minimum absolute atomic E-state index is 0.513. The van der Waals surface area contributed by atoms with Gasteiger partial charge in [-0.05, 0) is 112 Å². The Morgan fingerprint density at radius 1 is 0.761 bits per heavy atom. The quantitative estimate of drug-likeness (QED) is 0.209. The summed E-state index contributed by atoms with van der Waals surface area (Å²) >= 11 is 3.78. The van der Waals surface area contributed by atoms with Crippen LogP contribution in [-0.4, -0.2) is 11.5 Å². The Morgan fingerprint density at radius 3 is 2.46 bits per heavy atom. The van der Waals surface area contributed by atoms with Crippen LogP contribution in [0.5, 0.6) is 0 Å². The maximum atomic E-state index is 4.68. The molecule has 0 fully saturated rings. The van der Waals surface area contributed by atoms with Gasteiger partial charge in [-0.15, -0.1) is 0 Å². The normalized spacial score (nSPS) is 15.3. The molecule has 2 aliphatic rings. The van der Waals surface area contributed by atoms with E-state index in [1.807, 2.05) is 29.7 Å². The molecule has 1 aromatic heterocycles. The van der Waals surface area contributed by atoms with E-state index in [0.29, 0.717) is 5.92 Å². The number of nitrogens with zero attached hydrogens (tertiary/aromatic N) is 1. The monoisotopic (exact) mass is 632 g/mol. The van der Waals surface area contributed by atoms with Crippen LogP contribution in [0.25, 0.3) is 45.3 Å². The first-order valence-electron chi connectivity index (χ1n) is 16.1. The third kappa shape index (κ3) is 5.24. The largest absolute Gasteiger partial charge is 0.387 e. The Kier molecular flexibility index (Phi) is 7.72. The molecule has 0 unspecified atom stereocenters. The van der Waals surface area contributed by atoms with Crippen LogP contribution in [0.4, 0.5) is 0 Å². The molecule has 0 bridgehead atoms. The van der Waals surface area contributed by atoms with Crippen LogP contribution in [0.3, 0.4) is 0 Å². The molecule has 0 saturated carbocycles. The van der Waals surface area contributed by atoms with Crippen molar-refractivity contribution in [1.29, 1.82) is 0 Å². The molecule has 226 valence electrons. The molecule has 5 aromatic carbocycles. The summed E-state index contributed by atoms with van der Waals surface area (Å²) in [7, 11) is 0. The van der Waals surface area contributed by atoms with Gasteiger partial charge in [0.2, 0.25) is 0 Å². The van der Waals surface area contributed by atoms with E-state index in [-0.39, 0.29) is 0 Å². The van der Waals surface area contributed by atoms with E-state index in [2.05, 4.69) is 141 Å². The van der Waals surface area contributed by atoms with Gasteiger partial charge in [0.25, 0.3) is 0 Å². The van der Waals surface area contributed by atoms with Crippen molar-refractivity contribution >= 4 is 46.6 Å². The fourth-order valence-electron chi connectivity index (χ4n) is 6.97. The van der Waals surface area contributed by atoms with E-state index < -0.39 is 0 Å². The Balaban J connectivity index is 1.33. The van der Waals surface area contributed by atoms with Gasteiger partial charge in [-0.3, -0.25) is 4.98 Å². The zero-order valence-corrected chi connectivity index (χ0v) is 28.1. The molecule has 0 radical (unpaired) electrons. The number of rotatable bonds is 4. The average Bonchev–Trinajstić information content (AvgIpc) is 3.08. The minimum Gasteiger partial charge on any atom is -0.387 e. The summed E-state index contributed by atoms with van der Waals surface area (Å²) in [6, 6.07) is 33.9. The summed E-state index contributed by atoms with van der Waals surface area (Å²) in [6.07, 6.45) is 10.9. The molecule has 46 heavy (non-hydrogen) atoms. The standard InChI is InChI=1S/C42H36N2S2/c1-26-12-14-29-9-5-7-11-38(29)46-40-23-31(16-17-32(26)40)41-33-18-20-43-24-35(33)42(36-25-44-21-19-34(36)41)30-15-13-28(3)39(22-30)45-37-10-6-4-8-27(37)2/h4-11,13,15-20,22-26,44H,12,14,21H2,1-3H3/t26-/m1/s1. The number of pyridine rings is 1. The average molecular weight is 633 g/mol. The summed E-state index contributed by atoms with van der Waals surface area (Å²) < 4.78 is 0. The highest BCUT2D eigenvalue weighted by Gasteiger charge is 2.21. The molecular weight excluding hydrogens is 597 g/mol. The van der Waals surface area contributed by atoms with Crippen molar-refractivity contribution in [2.75, 3.05) is 6.54 Å². The number of aryl methyl sites for hydroxylation is 3. The molecule has 6 aromatic rings. The van der Waals surface area contributed by atoms with Crippen LogP contribution in [0.1, 0.15) is 41.5 Å². The predicted molar refractivity (Wildman–Crippen MR) is 196 cm³/mol. The third-order valence-corrected chi connectivity index (χ3v) is 12.1. The summed E-state index contributed by atoms with van der Waals surface area (Å²) in [5.41, 5.74) is 10.5. The number of hydrogen-bond donors (Lipinski definition) is 1. The maximum Gasteiger partial charge on any atom is 0.0353 e. The Morgan fingerprint density at radius 2 is 1.54 bits per heavy atom. The summed E-state index contributed by atoms with van der Waals surface area (Å²) in [4.78, 5) is 9.99.